The van der Waals surface area contributed by atoms with E-state index in [4.69, 9.17) is 16.3 Å². The Bertz CT molecular complexity index is 927. The molecule has 0 saturated carbocycles. The average molecular weight is 375 g/mol. The summed E-state index contributed by atoms with van der Waals surface area (Å²) in [7, 11) is 0. The summed E-state index contributed by atoms with van der Waals surface area (Å²) in [5.74, 6) is -0.794. The van der Waals surface area contributed by atoms with Crippen LogP contribution in [-0.2, 0) is 11.3 Å². The van der Waals surface area contributed by atoms with E-state index in [0.29, 0.717) is 5.69 Å². The predicted molar refractivity (Wildman–Crippen MR) is 94.8 cm³/mol. The van der Waals surface area contributed by atoms with E-state index >= 15 is 0 Å². The predicted octanol–water partition coefficient (Wildman–Crippen LogP) is 4.73. The molecule has 0 fully saturated rings. The second kappa shape index (κ2) is 7.42. The number of carbonyl (C=O) groups excluding carboxylic acids is 1. The first-order chi connectivity index (χ1) is 12.0. The number of nitro groups is 1. The van der Waals surface area contributed by atoms with Crippen molar-refractivity contribution >= 4 is 34.6 Å². The lowest BCUT2D eigenvalue weighted by molar-refractivity contribution is -0.385. The van der Waals surface area contributed by atoms with Crippen LogP contribution in [0.3, 0.4) is 0 Å². The highest BCUT2D eigenvalue weighted by molar-refractivity contribution is 7.13. The number of thiazole rings is 1. The average Bonchev–Trinajstić information content (AvgIpc) is 3.09. The number of aromatic nitrogens is 1. The summed E-state index contributed by atoms with van der Waals surface area (Å²) in [4.78, 5) is 26.9. The first-order valence-corrected chi connectivity index (χ1v) is 8.41. The van der Waals surface area contributed by atoms with Gasteiger partial charge in [-0.1, -0.05) is 41.9 Å². The van der Waals surface area contributed by atoms with E-state index in [2.05, 4.69) is 4.98 Å². The highest BCUT2D eigenvalue weighted by Gasteiger charge is 2.22. The van der Waals surface area contributed by atoms with Gasteiger partial charge in [0.05, 0.1) is 10.6 Å². The molecule has 0 bridgehead atoms. The quantitative estimate of drug-likeness (QED) is 0.366. The van der Waals surface area contributed by atoms with E-state index < -0.39 is 10.9 Å². The van der Waals surface area contributed by atoms with Crippen molar-refractivity contribution in [3.05, 3.63) is 80.3 Å². The molecule has 0 N–H and O–H groups in total. The van der Waals surface area contributed by atoms with Gasteiger partial charge in [0.1, 0.15) is 17.2 Å². The van der Waals surface area contributed by atoms with Gasteiger partial charge in [-0.15, -0.1) is 11.3 Å². The van der Waals surface area contributed by atoms with Crippen molar-refractivity contribution in [1.29, 1.82) is 0 Å². The van der Waals surface area contributed by atoms with Crippen molar-refractivity contribution in [3.8, 4) is 10.6 Å². The van der Waals surface area contributed by atoms with E-state index in [1.165, 1.54) is 23.5 Å². The molecule has 6 nitrogen and oxygen atoms in total. The van der Waals surface area contributed by atoms with Gasteiger partial charge >= 0.3 is 5.97 Å². The highest BCUT2D eigenvalue weighted by Crippen LogP contribution is 2.26. The van der Waals surface area contributed by atoms with E-state index in [-0.39, 0.29) is 22.9 Å². The van der Waals surface area contributed by atoms with Crippen LogP contribution < -0.4 is 0 Å². The fourth-order valence-electron chi connectivity index (χ4n) is 2.13. The van der Waals surface area contributed by atoms with Crippen LogP contribution in [-0.4, -0.2) is 15.9 Å². The van der Waals surface area contributed by atoms with E-state index in [1.54, 1.807) is 5.38 Å². The van der Waals surface area contributed by atoms with Gasteiger partial charge < -0.3 is 4.74 Å². The standard InChI is InChI=1S/C17H11ClN2O4S/c18-12-6-7-14(15(8-12)20(22)23)17(21)24-9-13-10-25-16(19-13)11-4-2-1-3-5-11/h1-8,10H,9H2. The molecule has 8 heteroatoms. The van der Waals surface area contributed by atoms with Crippen LogP contribution >= 0.6 is 22.9 Å². The largest absolute Gasteiger partial charge is 0.455 e. The van der Waals surface area contributed by atoms with Crippen molar-refractivity contribution in [2.75, 3.05) is 0 Å². The van der Waals surface area contributed by atoms with Crippen molar-refractivity contribution in [3.63, 3.8) is 0 Å². The minimum atomic E-state index is -0.794. The monoisotopic (exact) mass is 374 g/mol. The van der Waals surface area contributed by atoms with Gasteiger partial charge in [0.2, 0.25) is 0 Å². The summed E-state index contributed by atoms with van der Waals surface area (Å²) in [5.41, 5.74) is 1.01. The third-order valence-electron chi connectivity index (χ3n) is 3.30. The van der Waals surface area contributed by atoms with Gasteiger partial charge in [0.25, 0.3) is 5.69 Å². The molecule has 0 aliphatic carbocycles. The van der Waals surface area contributed by atoms with Crippen LogP contribution in [0.5, 0.6) is 0 Å². The molecule has 0 unspecified atom stereocenters. The molecule has 0 aliphatic rings. The molecule has 3 aromatic rings. The minimum absolute atomic E-state index is 0.0675. The second-order valence-corrected chi connectivity index (χ2v) is 6.30. The summed E-state index contributed by atoms with van der Waals surface area (Å²) in [6, 6.07) is 13.4. The molecule has 2 aromatic carbocycles. The topological polar surface area (TPSA) is 82.3 Å². The number of hydrogen-bond acceptors (Lipinski definition) is 6. The van der Waals surface area contributed by atoms with Crippen LogP contribution in [0.4, 0.5) is 5.69 Å². The Balaban J connectivity index is 1.71. The summed E-state index contributed by atoms with van der Waals surface area (Å²) in [6.07, 6.45) is 0. The highest BCUT2D eigenvalue weighted by atomic mass is 35.5. The Morgan fingerprint density at radius 2 is 2.00 bits per heavy atom. The molecule has 0 amide bonds. The summed E-state index contributed by atoms with van der Waals surface area (Å²) in [5, 5.41) is 13.8. The Hall–Kier alpha value is -2.77. The number of esters is 1. The lowest BCUT2D eigenvalue weighted by atomic mass is 10.2. The zero-order chi connectivity index (χ0) is 17.8. The molecule has 3 rings (SSSR count). The molecule has 0 saturated heterocycles. The van der Waals surface area contributed by atoms with Crippen molar-refractivity contribution in [2.24, 2.45) is 0 Å². The van der Waals surface area contributed by atoms with Gasteiger partial charge in [0.15, 0.2) is 0 Å². The van der Waals surface area contributed by atoms with Crippen molar-refractivity contribution in [1.82, 2.24) is 4.98 Å². The molecule has 0 atom stereocenters. The van der Waals surface area contributed by atoms with Gasteiger partial charge in [-0.25, -0.2) is 9.78 Å². The van der Waals surface area contributed by atoms with E-state index in [1.807, 2.05) is 30.3 Å². The zero-order valence-electron chi connectivity index (χ0n) is 12.7. The lowest BCUT2D eigenvalue weighted by Gasteiger charge is -2.04. The third-order valence-corrected chi connectivity index (χ3v) is 4.48. The van der Waals surface area contributed by atoms with Crippen molar-refractivity contribution < 1.29 is 14.5 Å². The molecule has 0 spiro atoms. The number of hydrogen-bond donors (Lipinski definition) is 0. The summed E-state index contributed by atoms with van der Waals surface area (Å²) < 4.78 is 5.15. The van der Waals surface area contributed by atoms with E-state index in [9.17, 15) is 14.9 Å². The normalized spacial score (nSPS) is 10.4. The summed E-state index contributed by atoms with van der Waals surface area (Å²) >= 11 is 7.17. The molecule has 0 radical (unpaired) electrons. The Morgan fingerprint density at radius 1 is 1.24 bits per heavy atom. The molecule has 1 heterocycles. The SMILES string of the molecule is O=C(OCc1csc(-c2ccccc2)n1)c1ccc(Cl)cc1[N+](=O)[O-]. The Kier molecular flexibility index (Phi) is 5.06. The molecule has 0 aliphatic heterocycles. The van der Waals surface area contributed by atoms with Crippen LogP contribution in [0.15, 0.2) is 53.9 Å². The number of rotatable bonds is 5. The van der Waals surface area contributed by atoms with Gasteiger partial charge in [-0.2, -0.15) is 0 Å². The summed E-state index contributed by atoms with van der Waals surface area (Å²) in [6.45, 7) is -0.0675. The van der Waals surface area contributed by atoms with Crippen LogP contribution in [0, 0.1) is 10.1 Å². The maximum Gasteiger partial charge on any atom is 0.345 e. The number of nitrogens with zero attached hydrogens (tertiary/aromatic N) is 2. The third kappa shape index (κ3) is 4.01. The van der Waals surface area contributed by atoms with Crippen LogP contribution in [0.1, 0.15) is 16.1 Å². The number of carbonyl (C=O) groups is 1. The number of ether oxygens (including phenoxy) is 1. The zero-order valence-corrected chi connectivity index (χ0v) is 14.3. The van der Waals surface area contributed by atoms with Crippen LogP contribution in [0.25, 0.3) is 10.6 Å². The molecule has 126 valence electrons. The fourth-order valence-corrected chi connectivity index (χ4v) is 3.11. The van der Waals surface area contributed by atoms with Crippen LogP contribution in [0.2, 0.25) is 5.02 Å². The molecular weight excluding hydrogens is 364 g/mol. The van der Waals surface area contributed by atoms with Gasteiger partial charge in [-0.3, -0.25) is 10.1 Å². The van der Waals surface area contributed by atoms with Gasteiger partial charge in [-0.05, 0) is 12.1 Å². The first-order valence-electron chi connectivity index (χ1n) is 7.15. The first kappa shape index (κ1) is 17.1. The Labute approximate surface area is 151 Å². The van der Waals surface area contributed by atoms with Crippen molar-refractivity contribution in [2.45, 2.75) is 6.61 Å². The molecule has 25 heavy (non-hydrogen) atoms. The molecular formula is C17H11ClN2O4S. The number of nitro benzene ring substituents is 1. The lowest BCUT2D eigenvalue weighted by Crippen LogP contribution is -2.08. The number of benzene rings is 2. The maximum absolute atomic E-state index is 12.1. The second-order valence-electron chi connectivity index (χ2n) is 5.00. The minimum Gasteiger partial charge on any atom is -0.455 e. The van der Waals surface area contributed by atoms with E-state index in [0.717, 1.165) is 16.6 Å². The van der Waals surface area contributed by atoms with Gasteiger partial charge in [0, 0.05) is 22.0 Å². The fraction of sp³-hybridized carbons (Fsp3) is 0.0588. The smallest absolute Gasteiger partial charge is 0.345 e. The maximum atomic E-state index is 12.1. The molecule has 1 aromatic heterocycles. The number of halogens is 1. The Morgan fingerprint density at radius 3 is 2.72 bits per heavy atom.